The van der Waals surface area contributed by atoms with Crippen molar-refractivity contribution in [1.82, 2.24) is 4.90 Å². The van der Waals surface area contributed by atoms with E-state index in [9.17, 15) is 4.79 Å². The van der Waals surface area contributed by atoms with Crippen molar-refractivity contribution in [2.75, 3.05) is 24.7 Å². The maximum atomic E-state index is 12.2. The molecule has 4 nitrogen and oxygen atoms in total. The number of rotatable bonds is 4. The first-order valence-electron chi connectivity index (χ1n) is 7.28. The summed E-state index contributed by atoms with van der Waals surface area (Å²) in [5, 5.41) is 0.0640. The molecule has 116 valence electrons. The van der Waals surface area contributed by atoms with Gasteiger partial charge in [0.2, 0.25) is 5.91 Å². The van der Waals surface area contributed by atoms with Gasteiger partial charge in [0.15, 0.2) is 0 Å². The van der Waals surface area contributed by atoms with Crippen LogP contribution in [-0.4, -0.2) is 30.7 Å². The van der Waals surface area contributed by atoms with E-state index in [1.165, 1.54) is 0 Å². The fraction of sp³-hybridized carbons (Fsp3) is 0.353. The molecule has 0 N–H and O–H groups in total. The van der Waals surface area contributed by atoms with Crippen LogP contribution >= 0.6 is 11.8 Å². The first kappa shape index (κ1) is 15.0. The summed E-state index contributed by atoms with van der Waals surface area (Å²) >= 11 is 1.67. The van der Waals surface area contributed by atoms with Crippen LogP contribution in [0.5, 0.6) is 0 Å². The number of carbonyl (C=O) groups excluding carboxylic acids is 1. The summed E-state index contributed by atoms with van der Waals surface area (Å²) < 4.78 is 5.62. The minimum atomic E-state index is 0.0640. The quantitative estimate of drug-likeness (QED) is 0.866. The Morgan fingerprint density at radius 2 is 1.95 bits per heavy atom. The Morgan fingerprint density at radius 1 is 1.23 bits per heavy atom. The van der Waals surface area contributed by atoms with E-state index >= 15 is 0 Å². The van der Waals surface area contributed by atoms with Gasteiger partial charge in [0, 0.05) is 19.8 Å². The predicted molar refractivity (Wildman–Crippen MR) is 90.0 cm³/mol. The number of benzene rings is 1. The Kier molecular flexibility index (Phi) is 4.16. The lowest BCUT2D eigenvalue weighted by Gasteiger charge is -2.24. The van der Waals surface area contributed by atoms with Crippen molar-refractivity contribution in [3.8, 4) is 0 Å². The molecular formula is C17H20N2O2S. The number of aryl methyl sites for hydroxylation is 1. The van der Waals surface area contributed by atoms with Gasteiger partial charge in [0.25, 0.3) is 0 Å². The molecule has 1 aliphatic rings. The van der Waals surface area contributed by atoms with Crippen LogP contribution in [0.1, 0.15) is 22.5 Å². The van der Waals surface area contributed by atoms with Crippen LogP contribution < -0.4 is 4.90 Å². The Balaban J connectivity index is 1.80. The summed E-state index contributed by atoms with van der Waals surface area (Å²) in [6.07, 6.45) is 0. The molecule has 1 atom stereocenters. The Morgan fingerprint density at radius 3 is 2.55 bits per heavy atom. The average Bonchev–Trinajstić information content (AvgIpc) is 3.07. The number of nitrogens with zero attached hydrogens (tertiary/aromatic N) is 2. The van der Waals surface area contributed by atoms with Crippen LogP contribution in [0.4, 0.5) is 5.69 Å². The van der Waals surface area contributed by atoms with E-state index in [0.717, 1.165) is 22.8 Å². The molecule has 3 rings (SSSR count). The van der Waals surface area contributed by atoms with Gasteiger partial charge in [-0.15, -0.1) is 11.8 Å². The van der Waals surface area contributed by atoms with Crippen LogP contribution in [0.3, 0.4) is 0 Å². The van der Waals surface area contributed by atoms with Gasteiger partial charge in [-0.2, -0.15) is 0 Å². The largest absolute Gasteiger partial charge is 0.464 e. The van der Waals surface area contributed by atoms with Gasteiger partial charge in [-0.05, 0) is 36.8 Å². The van der Waals surface area contributed by atoms with E-state index in [1.807, 2.05) is 38.1 Å². The van der Waals surface area contributed by atoms with E-state index in [-0.39, 0.29) is 11.3 Å². The van der Waals surface area contributed by atoms with Crippen molar-refractivity contribution < 1.29 is 9.21 Å². The third kappa shape index (κ3) is 2.99. The first-order valence-corrected chi connectivity index (χ1v) is 8.33. The van der Waals surface area contributed by atoms with Gasteiger partial charge in [0.05, 0.1) is 12.3 Å². The molecule has 22 heavy (non-hydrogen) atoms. The average molecular weight is 316 g/mol. The molecule has 5 heteroatoms. The number of furan rings is 1. The highest BCUT2D eigenvalue weighted by Crippen LogP contribution is 2.40. The van der Waals surface area contributed by atoms with Crippen molar-refractivity contribution in [2.45, 2.75) is 18.8 Å². The van der Waals surface area contributed by atoms with Crippen LogP contribution in [-0.2, 0) is 11.3 Å². The molecule has 1 fully saturated rings. The topological polar surface area (TPSA) is 36.7 Å². The number of carbonyl (C=O) groups is 1. The van der Waals surface area contributed by atoms with E-state index in [4.69, 9.17) is 4.42 Å². The summed E-state index contributed by atoms with van der Waals surface area (Å²) in [4.78, 5) is 16.2. The number of hydrogen-bond donors (Lipinski definition) is 0. The minimum Gasteiger partial charge on any atom is -0.464 e. The molecule has 0 radical (unpaired) electrons. The van der Waals surface area contributed by atoms with E-state index < -0.39 is 0 Å². The zero-order valence-corrected chi connectivity index (χ0v) is 13.9. The van der Waals surface area contributed by atoms with Crippen molar-refractivity contribution >= 4 is 23.4 Å². The van der Waals surface area contributed by atoms with Gasteiger partial charge in [-0.25, -0.2) is 0 Å². The van der Waals surface area contributed by atoms with Crippen LogP contribution in [0.25, 0.3) is 0 Å². The molecule has 2 aromatic rings. The van der Waals surface area contributed by atoms with Crippen LogP contribution in [0.2, 0.25) is 0 Å². The summed E-state index contributed by atoms with van der Waals surface area (Å²) in [7, 11) is 4.04. The molecule has 1 amide bonds. The van der Waals surface area contributed by atoms with Gasteiger partial charge in [-0.1, -0.05) is 12.1 Å². The second-order valence-electron chi connectivity index (χ2n) is 5.68. The predicted octanol–water partition coefficient (Wildman–Crippen LogP) is 3.43. The van der Waals surface area contributed by atoms with Gasteiger partial charge in [-0.3, -0.25) is 4.79 Å². The molecule has 0 bridgehead atoms. The van der Waals surface area contributed by atoms with Crippen molar-refractivity contribution in [2.24, 2.45) is 0 Å². The summed E-state index contributed by atoms with van der Waals surface area (Å²) in [5.74, 6) is 2.41. The Labute approximate surface area is 135 Å². The van der Waals surface area contributed by atoms with E-state index in [2.05, 4.69) is 29.2 Å². The smallest absolute Gasteiger partial charge is 0.234 e. The normalized spacial score (nSPS) is 18.0. The third-order valence-corrected chi connectivity index (χ3v) is 5.04. The highest BCUT2D eigenvalue weighted by molar-refractivity contribution is 8.00. The lowest BCUT2D eigenvalue weighted by atomic mass is 10.1. The minimum absolute atomic E-state index is 0.0640. The van der Waals surface area contributed by atoms with Gasteiger partial charge < -0.3 is 14.2 Å². The second-order valence-corrected chi connectivity index (χ2v) is 6.75. The Hall–Kier alpha value is -1.88. The molecule has 0 saturated carbocycles. The molecule has 1 aromatic carbocycles. The van der Waals surface area contributed by atoms with Crippen molar-refractivity contribution in [3.63, 3.8) is 0 Å². The first-order chi connectivity index (χ1) is 10.5. The number of thioether (sulfide) groups is 1. The maximum Gasteiger partial charge on any atom is 0.234 e. The molecule has 2 heterocycles. The highest BCUT2D eigenvalue weighted by Gasteiger charge is 2.33. The highest BCUT2D eigenvalue weighted by atomic mass is 32.2. The second kappa shape index (κ2) is 6.08. The fourth-order valence-electron chi connectivity index (χ4n) is 2.58. The zero-order chi connectivity index (χ0) is 15.7. The Bertz CT molecular complexity index is 664. The van der Waals surface area contributed by atoms with E-state index in [1.54, 1.807) is 11.8 Å². The van der Waals surface area contributed by atoms with Gasteiger partial charge >= 0.3 is 0 Å². The third-order valence-electron chi connectivity index (χ3n) is 3.78. The monoisotopic (exact) mass is 316 g/mol. The number of anilines is 1. The lowest BCUT2D eigenvalue weighted by molar-refractivity contribution is -0.128. The van der Waals surface area contributed by atoms with E-state index in [0.29, 0.717) is 12.3 Å². The molecule has 0 spiro atoms. The molecule has 0 aliphatic carbocycles. The fourth-order valence-corrected chi connectivity index (χ4v) is 3.76. The van der Waals surface area contributed by atoms with Crippen LogP contribution in [0, 0.1) is 6.92 Å². The standard InChI is InChI=1S/C17H20N2O2S/c1-12-4-9-15(21-12)10-19-16(20)11-22-17(19)13-5-7-14(8-6-13)18(2)3/h4-9,17H,10-11H2,1-3H3. The number of amides is 1. The van der Waals surface area contributed by atoms with Crippen LogP contribution in [0.15, 0.2) is 40.8 Å². The van der Waals surface area contributed by atoms with Crippen molar-refractivity contribution in [3.05, 3.63) is 53.5 Å². The molecule has 1 aromatic heterocycles. The molecule has 1 saturated heterocycles. The summed E-state index contributed by atoms with van der Waals surface area (Å²) in [6.45, 7) is 2.45. The maximum absolute atomic E-state index is 12.2. The summed E-state index contributed by atoms with van der Waals surface area (Å²) in [5.41, 5.74) is 2.32. The summed E-state index contributed by atoms with van der Waals surface area (Å²) in [6, 6.07) is 12.3. The lowest BCUT2D eigenvalue weighted by Crippen LogP contribution is -2.27. The molecule has 1 aliphatic heterocycles. The SMILES string of the molecule is Cc1ccc(CN2C(=O)CSC2c2ccc(N(C)C)cc2)o1. The molecule has 1 unspecified atom stereocenters. The number of hydrogen-bond acceptors (Lipinski definition) is 4. The van der Waals surface area contributed by atoms with Crippen molar-refractivity contribution in [1.29, 1.82) is 0 Å². The zero-order valence-electron chi connectivity index (χ0n) is 13.1. The molecular weight excluding hydrogens is 296 g/mol. The van der Waals surface area contributed by atoms with Gasteiger partial charge in [0.1, 0.15) is 16.9 Å².